The molecule has 21 heavy (non-hydrogen) atoms. The Bertz CT molecular complexity index is 617. The zero-order chi connectivity index (χ0) is 15.2. The third kappa shape index (κ3) is 4.07. The molecular weight excluding hydrogens is 268 g/mol. The Labute approximate surface area is 123 Å². The van der Waals surface area contributed by atoms with Gasteiger partial charge in [0.05, 0.1) is 5.56 Å². The van der Waals surface area contributed by atoms with Gasteiger partial charge in [-0.25, -0.2) is 4.79 Å². The van der Waals surface area contributed by atoms with Gasteiger partial charge in [0.25, 0.3) is 0 Å². The van der Waals surface area contributed by atoms with Crippen LogP contribution in [0.3, 0.4) is 0 Å². The van der Waals surface area contributed by atoms with Crippen LogP contribution in [0.5, 0.6) is 5.75 Å². The maximum absolute atomic E-state index is 10.9. The number of carbonyl (C=O) groups is 1. The van der Waals surface area contributed by atoms with Crippen molar-refractivity contribution in [2.75, 3.05) is 6.61 Å². The van der Waals surface area contributed by atoms with E-state index >= 15 is 0 Å². The first-order chi connectivity index (χ1) is 10.1. The fourth-order valence-corrected chi connectivity index (χ4v) is 2.03. The standard InChI is InChI=1S/C17H18O4/c1-12-10-14(17(19)20)4-5-15(12)11-21-16-6-2-13(3-7-16)8-9-18/h2-7,10,18H,8-9,11H2,1H3,(H,19,20). The summed E-state index contributed by atoms with van der Waals surface area (Å²) in [4.78, 5) is 10.9. The van der Waals surface area contributed by atoms with Crippen LogP contribution in [0.4, 0.5) is 0 Å². The van der Waals surface area contributed by atoms with Crippen molar-refractivity contribution >= 4 is 5.97 Å². The van der Waals surface area contributed by atoms with E-state index in [1.807, 2.05) is 31.2 Å². The van der Waals surface area contributed by atoms with Gasteiger partial charge >= 0.3 is 5.97 Å². The molecule has 0 radical (unpaired) electrons. The second kappa shape index (κ2) is 6.90. The predicted molar refractivity (Wildman–Crippen MR) is 79.7 cm³/mol. The van der Waals surface area contributed by atoms with Crippen molar-refractivity contribution in [1.29, 1.82) is 0 Å². The molecule has 0 amide bonds. The van der Waals surface area contributed by atoms with Gasteiger partial charge in [0.2, 0.25) is 0 Å². The number of benzene rings is 2. The summed E-state index contributed by atoms with van der Waals surface area (Å²) in [5.41, 5.74) is 3.20. The van der Waals surface area contributed by atoms with E-state index in [9.17, 15) is 4.79 Å². The second-order valence-electron chi connectivity index (χ2n) is 4.85. The van der Waals surface area contributed by atoms with Crippen LogP contribution in [0.25, 0.3) is 0 Å². The molecule has 0 unspecified atom stereocenters. The van der Waals surface area contributed by atoms with Gasteiger partial charge < -0.3 is 14.9 Å². The molecule has 0 aromatic heterocycles. The number of aliphatic hydroxyl groups excluding tert-OH is 1. The monoisotopic (exact) mass is 286 g/mol. The highest BCUT2D eigenvalue weighted by Crippen LogP contribution is 2.17. The summed E-state index contributed by atoms with van der Waals surface area (Å²) < 4.78 is 5.70. The first-order valence-corrected chi connectivity index (χ1v) is 6.75. The fraction of sp³-hybridized carbons (Fsp3) is 0.235. The number of ether oxygens (including phenoxy) is 1. The van der Waals surface area contributed by atoms with Crippen molar-refractivity contribution in [3.05, 3.63) is 64.7 Å². The summed E-state index contributed by atoms with van der Waals surface area (Å²) in [5, 5.41) is 17.8. The molecule has 110 valence electrons. The van der Waals surface area contributed by atoms with Crippen molar-refractivity contribution in [3.8, 4) is 5.75 Å². The van der Waals surface area contributed by atoms with Gasteiger partial charge in [-0.3, -0.25) is 0 Å². The van der Waals surface area contributed by atoms with Crippen LogP contribution in [-0.4, -0.2) is 22.8 Å². The SMILES string of the molecule is Cc1cc(C(=O)O)ccc1COc1ccc(CCO)cc1. The number of aryl methyl sites for hydroxylation is 1. The molecule has 2 aromatic rings. The van der Waals surface area contributed by atoms with E-state index in [4.69, 9.17) is 14.9 Å². The molecule has 0 spiro atoms. The zero-order valence-electron chi connectivity index (χ0n) is 11.9. The van der Waals surface area contributed by atoms with Gasteiger partial charge in [-0.2, -0.15) is 0 Å². The summed E-state index contributed by atoms with van der Waals surface area (Å²) in [5.74, 6) is -0.177. The van der Waals surface area contributed by atoms with E-state index in [-0.39, 0.29) is 12.2 Å². The smallest absolute Gasteiger partial charge is 0.335 e. The van der Waals surface area contributed by atoms with E-state index in [1.54, 1.807) is 18.2 Å². The predicted octanol–water partition coefficient (Wildman–Crippen LogP) is 2.81. The van der Waals surface area contributed by atoms with E-state index in [0.29, 0.717) is 13.0 Å². The fourth-order valence-electron chi connectivity index (χ4n) is 2.03. The van der Waals surface area contributed by atoms with E-state index in [2.05, 4.69) is 0 Å². The number of rotatable bonds is 6. The highest BCUT2D eigenvalue weighted by atomic mass is 16.5. The molecular formula is C17H18O4. The van der Waals surface area contributed by atoms with E-state index < -0.39 is 5.97 Å². The molecule has 2 N–H and O–H groups in total. The summed E-state index contributed by atoms with van der Waals surface area (Å²) >= 11 is 0. The Kier molecular flexibility index (Phi) is 4.95. The second-order valence-corrected chi connectivity index (χ2v) is 4.85. The van der Waals surface area contributed by atoms with Crippen LogP contribution in [-0.2, 0) is 13.0 Å². The van der Waals surface area contributed by atoms with Crippen molar-refractivity contribution in [2.45, 2.75) is 20.0 Å². The van der Waals surface area contributed by atoms with Gasteiger partial charge in [-0.1, -0.05) is 18.2 Å². The number of carboxylic acids is 1. The lowest BCUT2D eigenvalue weighted by Crippen LogP contribution is -2.02. The average Bonchev–Trinajstić information content (AvgIpc) is 2.47. The quantitative estimate of drug-likeness (QED) is 0.857. The Balaban J connectivity index is 2.01. The van der Waals surface area contributed by atoms with Gasteiger partial charge in [0.1, 0.15) is 12.4 Å². The van der Waals surface area contributed by atoms with Crippen LogP contribution < -0.4 is 4.74 Å². The van der Waals surface area contributed by atoms with E-state index in [1.165, 1.54) is 0 Å². The number of hydrogen-bond acceptors (Lipinski definition) is 3. The third-order valence-corrected chi connectivity index (χ3v) is 3.31. The topological polar surface area (TPSA) is 66.8 Å². The lowest BCUT2D eigenvalue weighted by Gasteiger charge is -2.10. The summed E-state index contributed by atoms with van der Waals surface area (Å²) in [6.07, 6.45) is 0.635. The highest BCUT2D eigenvalue weighted by Gasteiger charge is 2.06. The number of aromatic carboxylic acids is 1. The first-order valence-electron chi connectivity index (χ1n) is 6.75. The van der Waals surface area contributed by atoms with Crippen molar-refractivity contribution in [1.82, 2.24) is 0 Å². The van der Waals surface area contributed by atoms with Crippen LogP contribution >= 0.6 is 0 Å². The molecule has 0 aliphatic carbocycles. The largest absolute Gasteiger partial charge is 0.489 e. The molecule has 2 aromatic carbocycles. The molecule has 4 nitrogen and oxygen atoms in total. The molecule has 0 aliphatic rings. The average molecular weight is 286 g/mol. The number of aliphatic hydroxyl groups is 1. The van der Waals surface area contributed by atoms with Gasteiger partial charge in [0.15, 0.2) is 0 Å². The van der Waals surface area contributed by atoms with Gasteiger partial charge in [-0.05, 0) is 54.3 Å². The van der Waals surface area contributed by atoms with E-state index in [0.717, 1.165) is 22.4 Å². The highest BCUT2D eigenvalue weighted by molar-refractivity contribution is 5.87. The molecule has 0 atom stereocenters. The maximum Gasteiger partial charge on any atom is 0.335 e. The van der Waals surface area contributed by atoms with Crippen molar-refractivity contribution < 1.29 is 19.7 Å². The molecule has 2 rings (SSSR count). The van der Waals surface area contributed by atoms with Gasteiger partial charge in [0, 0.05) is 6.61 Å². The molecule has 0 heterocycles. The Morgan fingerprint density at radius 2 is 1.86 bits per heavy atom. The molecule has 0 aliphatic heterocycles. The minimum absolute atomic E-state index is 0.134. The summed E-state index contributed by atoms with van der Waals surface area (Å²) in [7, 11) is 0. The molecule has 0 fully saturated rings. The molecule has 4 heteroatoms. The lowest BCUT2D eigenvalue weighted by atomic mass is 10.1. The van der Waals surface area contributed by atoms with Crippen molar-refractivity contribution in [3.63, 3.8) is 0 Å². The normalized spacial score (nSPS) is 10.4. The lowest BCUT2D eigenvalue weighted by molar-refractivity contribution is 0.0696. The zero-order valence-corrected chi connectivity index (χ0v) is 11.9. The van der Waals surface area contributed by atoms with Crippen LogP contribution in [0.2, 0.25) is 0 Å². The number of hydrogen-bond donors (Lipinski definition) is 2. The summed E-state index contributed by atoms with van der Waals surface area (Å²) in [6.45, 7) is 2.40. The first kappa shape index (κ1) is 15.1. The molecule has 0 saturated carbocycles. The van der Waals surface area contributed by atoms with Gasteiger partial charge in [-0.15, -0.1) is 0 Å². The molecule has 0 bridgehead atoms. The van der Waals surface area contributed by atoms with Crippen molar-refractivity contribution in [2.24, 2.45) is 0 Å². The Morgan fingerprint density at radius 1 is 1.14 bits per heavy atom. The molecule has 0 saturated heterocycles. The minimum atomic E-state index is -0.926. The Hall–Kier alpha value is -2.33. The summed E-state index contributed by atoms with van der Waals surface area (Å²) in [6, 6.07) is 12.6. The van der Waals surface area contributed by atoms with Crippen LogP contribution in [0, 0.1) is 6.92 Å². The number of carboxylic acid groups (broad SMARTS) is 1. The van der Waals surface area contributed by atoms with Crippen LogP contribution in [0.1, 0.15) is 27.0 Å². The maximum atomic E-state index is 10.9. The third-order valence-electron chi connectivity index (χ3n) is 3.31. The Morgan fingerprint density at radius 3 is 2.43 bits per heavy atom. The van der Waals surface area contributed by atoms with Crippen LogP contribution in [0.15, 0.2) is 42.5 Å². The minimum Gasteiger partial charge on any atom is -0.489 e.